The minimum Gasteiger partial charge on any atom is -0.458 e. The van der Waals surface area contributed by atoms with Gasteiger partial charge >= 0.3 is 5.97 Å². The van der Waals surface area contributed by atoms with Crippen LogP contribution in [0, 0.1) is 17.8 Å². The van der Waals surface area contributed by atoms with E-state index >= 15 is 0 Å². The molecule has 1 rings (SSSR count). The normalized spacial score (nSPS) is 30.8. The lowest BCUT2D eigenvalue weighted by Crippen LogP contribution is -2.38. The Morgan fingerprint density at radius 2 is 1.94 bits per heavy atom. The van der Waals surface area contributed by atoms with Gasteiger partial charge in [0.15, 0.2) is 0 Å². The maximum absolute atomic E-state index is 11.2. The van der Waals surface area contributed by atoms with Crippen molar-refractivity contribution in [1.29, 1.82) is 0 Å². The standard InChI is InChI=1S/C12H22O4/c1-7(2)9-5-4-8(3)6-10(9)16-12(15)11(13)14/h7-11,13-14H,4-6H2,1-3H3/t8-,9+,10+/m0/s1. The predicted octanol–water partition coefficient (Wildman–Crippen LogP) is 1.30. The van der Waals surface area contributed by atoms with E-state index in [0.717, 1.165) is 19.3 Å². The summed E-state index contributed by atoms with van der Waals surface area (Å²) < 4.78 is 5.16. The second-order valence-corrected chi connectivity index (χ2v) is 5.18. The average Bonchev–Trinajstić information content (AvgIpc) is 2.16. The van der Waals surface area contributed by atoms with Crippen LogP contribution in [0.25, 0.3) is 0 Å². The lowest BCUT2D eigenvalue weighted by atomic mass is 9.75. The SMILES string of the molecule is CC(C)[C@H]1CC[C@H](C)C[C@H]1OC(=O)C(O)O. The number of hydrogen-bond donors (Lipinski definition) is 2. The maximum Gasteiger partial charge on any atom is 0.363 e. The van der Waals surface area contributed by atoms with E-state index in [2.05, 4.69) is 20.8 Å². The maximum atomic E-state index is 11.2. The van der Waals surface area contributed by atoms with Crippen molar-refractivity contribution in [3.63, 3.8) is 0 Å². The third kappa shape index (κ3) is 3.46. The molecule has 1 saturated carbocycles. The van der Waals surface area contributed by atoms with Crippen molar-refractivity contribution in [1.82, 2.24) is 0 Å². The Bertz CT molecular complexity index is 237. The van der Waals surface area contributed by atoms with Crippen LogP contribution in [0.4, 0.5) is 0 Å². The Morgan fingerprint density at radius 1 is 1.31 bits per heavy atom. The first-order valence-electron chi connectivity index (χ1n) is 5.98. The van der Waals surface area contributed by atoms with E-state index < -0.39 is 12.3 Å². The molecule has 0 unspecified atom stereocenters. The van der Waals surface area contributed by atoms with E-state index in [1.54, 1.807) is 0 Å². The number of ether oxygens (including phenoxy) is 1. The van der Waals surface area contributed by atoms with Gasteiger partial charge in [0.25, 0.3) is 6.29 Å². The summed E-state index contributed by atoms with van der Waals surface area (Å²) in [7, 11) is 0. The van der Waals surface area contributed by atoms with Crippen molar-refractivity contribution < 1.29 is 19.7 Å². The van der Waals surface area contributed by atoms with Gasteiger partial charge in [0.1, 0.15) is 6.10 Å². The fourth-order valence-electron chi connectivity index (χ4n) is 2.46. The first kappa shape index (κ1) is 13.5. The lowest BCUT2D eigenvalue weighted by molar-refractivity contribution is -0.184. The highest BCUT2D eigenvalue weighted by atomic mass is 16.6. The van der Waals surface area contributed by atoms with Gasteiger partial charge < -0.3 is 14.9 Å². The molecule has 4 heteroatoms. The van der Waals surface area contributed by atoms with Crippen molar-refractivity contribution in [3.05, 3.63) is 0 Å². The first-order chi connectivity index (χ1) is 7.41. The largest absolute Gasteiger partial charge is 0.458 e. The van der Waals surface area contributed by atoms with Crippen LogP contribution in [0.2, 0.25) is 0 Å². The molecular weight excluding hydrogens is 208 g/mol. The highest BCUT2D eigenvalue weighted by Gasteiger charge is 2.34. The average molecular weight is 230 g/mol. The zero-order chi connectivity index (χ0) is 12.3. The Morgan fingerprint density at radius 3 is 2.44 bits per heavy atom. The topological polar surface area (TPSA) is 66.8 Å². The summed E-state index contributed by atoms with van der Waals surface area (Å²) in [5.74, 6) is 0.383. The number of hydrogen-bond acceptors (Lipinski definition) is 4. The Kier molecular flexibility index (Phi) is 4.74. The molecule has 1 fully saturated rings. The van der Waals surface area contributed by atoms with Crippen LogP contribution in [0.1, 0.15) is 40.0 Å². The summed E-state index contributed by atoms with van der Waals surface area (Å²) in [6.45, 7) is 6.35. The molecule has 0 radical (unpaired) electrons. The zero-order valence-corrected chi connectivity index (χ0v) is 10.2. The summed E-state index contributed by atoms with van der Waals surface area (Å²) in [6.07, 6.45) is 0.834. The molecule has 1 aliphatic carbocycles. The van der Waals surface area contributed by atoms with Gasteiger partial charge in [-0.05, 0) is 30.6 Å². The molecular formula is C12H22O4. The van der Waals surface area contributed by atoms with Gasteiger partial charge in [0.05, 0.1) is 0 Å². The molecule has 0 spiro atoms. The third-order valence-electron chi connectivity index (χ3n) is 3.44. The van der Waals surface area contributed by atoms with Crippen LogP contribution >= 0.6 is 0 Å². The van der Waals surface area contributed by atoms with Crippen molar-refractivity contribution in [2.45, 2.75) is 52.4 Å². The molecule has 0 bridgehead atoms. The molecule has 16 heavy (non-hydrogen) atoms. The van der Waals surface area contributed by atoms with Gasteiger partial charge in [-0.2, -0.15) is 0 Å². The fraction of sp³-hybridized carbons (Fsp3) is 0.917. The van der Waals surface area contributed by atoms with Crippen LogP contribution in [0.3, 0.4) is 0 Å². The molecule has 0 aromatic heterocycles. The molecule has 3 atom stereocenters. The molecule has 0 aliphatic heterocycles. The first-order valence-corrected chi connectivity index (χ1v) is 5.98. The van der Waals surface area contributed by atoms with Gasteiger partial charge in [-0.25, -0.2) is 4.79 Å². The number of carbonyl (C=O) groups excluding carboxylic acids is 1. The van der Waals surface area contributed by atoms with E-state index in [9.17, 15) is 4.79 Å². The summed E-state index contributed by atoms with van der Waals surface area (Å²) >= 11 is 0. The molecule has 2 N–H and O–H groups in total. The number of aliphatic hydroxyl groups excluding tert-OH is 1. The summed E-state index contributed by atoms with van der Waals surface area (Å²) in [4.78, 5) is 11.2. The number of aliphatic hydroxyl groups is 2. The summed E-state index contributed by atoms with van der Waals surface area (Å²) in [5, 5.41) is 17.4. The van der Waals surface area contributed by atoms with Gasteiger partial charge in [0, 0.05) is 0 Å². The summed E-state index contributed by atoms with van der Waals surface area (Å²) in [6, 6.07) is 0. The van der Waals surface area contributed by atoms with E-state index in [1.807, 2.05) is 0 Å². The number of esters is 1. The van der Waals surface area contributed by atoms with Crippen LogP contribution in [0.5, 0.6) is 0 Å². The third-order valence-corrected chi connectivity index (χ3v) is 3.44. The highest BCUT2D eigenvalue weighted by Crippen LogP contribution is 2.35. The molecule has 0 heterocycles. The highest BCUT2D eigenvalue weighted by molar-refractivity contribution is 5.72. The fourth-order valence-corrected chi connectivity index (χ4v) is 2.46. The Hall–Kier alpha value is -0.610. The smallest absolute Gasteiger partial charge is 0.363 e. The van der Waals surface area contributed by atoms with Crippen LogP contribution < -0.4 is 0 Å². The second kappa shape index (κ2) is 5.64. The van der Waals surface area contributed by atoms with Crippen molar-refractivity contribution >= 4 is 5.97 Å². The molecule has 0 aromatic carbocycles. The van der Waals surface area contributed by atoms with Crippen LogP contribution in [-0.4, -0.2) is 28.6 Å². The lowest BCUT2D eigenvalue weighted by Gasteiger charge is -2.36. The van der Waals surface area contributed by atoms with Crippen molar-refractivity contribution in [2.24, 2.45) is 17.8 Å². The van der Waals surface area contributed by atoms with E-state index in [4.69, 9.17) is 14.9 Å². The minimum absolute atomic E-state index is 0.168. The number of carbonyl (C=O) groups is 1. The van der Waals surface area contributed by atoms with Gasteiger partial charge in [0.2, 0.25) is 0 Å². The van der Waals surface area contributed by atoms with Crippen molar-refractivity contribution in [2.75, 3.05) is 0 Å². The van der Waals surface area contributed by atoms with Gasteiger partial charge in [-0.3, -0.25) is 0 Å². The predicted molar refractivity (Wildman–Crippen MR) is 59.4 cm³/mol. The second-order valence-electron chi connectivity index (χ2n) is 5.18. The zero-order valence-electron chi connectivity index (χ0n) is 10.2. The Balaban J connectivity index is 2.61. The molecule has 0 saturated heterocycles. The minimum atomic E-state index is -2.01. The van der Waals surface area contributed by atoms with E-state index in [-0.39, 0.29) is 6.10 Å². The molecule has 4 nitrogen and oxygen atoms in total. The van der Waals surface area contributed by atoms with Gasteiger partial charge in [-0.15, -0.1) is 0 Å². The summed E-state index contributed by atoms with van der Waals surface area (Å²) in [5.41, 5.74) is 0. The monoisotopic (exact) mass is 230 g/mol. The molecule has 1 aliphatic rings. The Labute approximate surface area is 96.6 Å². The van der Waals surface area contributed by atoms with Crippen LogP contribution in [-0.2, 0) is 9.53 Å². The van der Waals surface area contributed by atoms with E-state index in [0.29, 0.717) is 17.8 Å². The number of rotatable bonds is 3. The molecule has 0 aromatic rings. The quantitative estimate of drug-likeness (QED) is 0.566. The van der Waals surface area contributed by atoms with Crippen molar-refractivity contribution in [3.8, 4) is 0 Å². The molecule has 94 valence electrons. The van der Waals surface area contributed by atoms with E-state index in [1.165, 1.54) is 0 Å². The van der Waals surface area contributed by atoms with Gasteiger partial charge in [-0.1, -0.05) is 27.2 Å². The van der Waals surface area contributed by atoms with Crippen LogP contribution in [0.15, 0.2) is 0 Å². The molecule has 0 amide bonds.